The van der Waals surface area contributed by atoms with E-state index in [4.69, 9.17) is 0 Å². The van der Waals surface area contributed by atoms with Crippen LogP contribution in [0.2, 0.25) is 0 Å². The van der Waals surface area contributed by atoms with Gasteiger partial charge in [0.25, 0.3) is 0 Å². The minimum atomic E-state index is 1.12. The van der Waals surface area contributed by atoms with Crippen LogP contribution in [-0.4, -0.2) is 4.57 Å². The van der Waals surface area contributed by atoms with Crippen LogP contribution in [0.1, 0.15) is 56.6 Å². The van der Waals surface area contributed by atoms with Gasteiger partial charge in [-0.3, -0.25) is 0 Å². The SMILES string of the molecule is CCCCCCCCn1c2cc(Br)cc3c2c2c(cc(Br)cc21)CC3. The van der Waals surface area contributed by atoms with E-state index < -0.39 is 0 Å². The Morgan fingerprint density at radius 3 is 1.84 bits per heavy atom. The van der Waals surface area contributed by atoms with Gasteiger partial charge in [-0.15, -0.1) is 0 Å². The lowest BCUT2D eigenvalue weighted by Gasteiger charge is -2.13. The number of benzene rings is 2. The molecule has 0 spiro atoms. The van der Waals surface area contributed by atoms with Crippen molar-refractivity contribution >= 4 is 53.7 Å². The van der Waals surface area contributed by atoms with Crippen molar-refractivity contribution < 1.29 is 0 Å². The zero-order chi connectivity index (χ0) is 17.4. The number of unbranched alkanes of at least 4 members (excludes halogenated alkanes) is 5. The van der Waals surface area contributed by atoms with Crippen LogP contribution in [0.5, 0.6) is 0 Å². The van der Waals surface area contributed by atoms with Gasteiger partial charge >= 0.3 is 0 Å². The topological polar surface area (TPSA) is 4.93 Å². The first-order valence-electron chi connectivity index (χ1n) is 9.62. The van der Waals surface area contributed by atoms with Gasteiger partial charge in [0.2, 0.25) is 0 Å². The highest BCUT2D eigenvalue weighted by Crippen LogP contribution is 2.41. The molecule has 1 heterocycles. The second-order valence-corrected chi connectivity index (χ2v) is 9.17. The number of nitrogens with zero attached hydrogens (tertiary/aromatic N) is 1. The number of aryl methyl sites for hydroxylation is 3. The highest BCUT2D eigenvalue weighted by atomic mass is 79.9. The molecule has 3 aromatic rings. The Morgan fingerprint density at radius 2 is 1.28 bits per heavy atom. The molecule has 0 bridgehead atoms. The summed E-state index contributed by atoms with van der Waals surface area (Å²) >= 11 is 7.48. The summed E-state index contributed by atoms with van der Waals surface area (Å²) < 4.78 is 4.99. The molecular formula is C22H25Br2N. The van der Waals surface area contributed by atoms with Gasteiger partial charge in [0.05, 0.1) is 11.0 Å². The molecule has 0 saturated heterocycles. The number of hydrogen-bond donors (Lipinski definition) is 0. The Hall–Kier alpha value is -0.800. The molecule has 4 rings (SSSR count). The van der Waals surface area contributed by atoms with Gasteiger partial charge in [-0.2, -0.15) is 0 Å². The molecule has 1 aromatic heterocycles. The maximum absolute atomic E-state index is 3.74. The monoisotopic (exact) mass is 461 g/mol. The Morgan fingerprint density at radius 1 is 0.760 bits per heavy atom. The van der Waals surface area contributed by atoms with Crippen LogP contribution in [0.15, 0.2) is 33.2 Å². The van der Waals surface area contributed by atoms with E-state index in [0.717, 1.165) is 19.4 Å². The van der Waals surface area contributed by atoms with E-state index in [1.165, 1.54) is 80.4 Å². The van der Waals surface area contributed by atoms with E-state index in [0.29, 0.717) is 0 Å². The third-order valence-electron chi connectivity index (χ3n) is 5.56. The van der Waals surface area contributed by atoms with Gasteiger partial charge in [-0.05, 0) is 54.7 Å². The van der Waals surface area contributed by atoms with Crippen LogP contribution in [0.4, 0.5) is 0 Å². The molecule has 1 aliphatic rings. The predicted molar refractivity (Wildman–Crippen MR) is 116 cm³/mol. The minimum absolute atomic E-state index is 1.12. The van der Waals surface area contributed by atoms with Gasteiger partial charge in [0.15, 0.2) is 0 Å². The molecule has 0 N–H and O–H groups in total. The van der Waals surface area contributed by atoms with Crippen LogP contribution in [0.25, 0.3) is 21.8 Å². The van der Waals surface area contributed by atoms with Gasteiger partial charge in [0.1, 0.15) is 0 Å². The third-order valence-corrected chi connectivity index (χ3v) is 6.47. The van der Waals surface area contributed by atoms with E-state index in [9.17, 15) is 0 Å². The maximum Gasteiger partial charge on any atom is 0.0505 e. The van der Waals surface area contributed by atoms with Crippen molar-refractivity contribution in [1.82, 2.24) is 4.57 Å². The number of rotatable bonds is 7. The number of halogens is 2. The molecule has 0 unspecified atom stereocenters. The largest absolute Gasteiger partial charge is 0.340 e. The summed E-state index contributed by atoms with van der Waals surface area (Å²) in [6.45, 7) is 3.41. The van der Waals surface area contributed by atoms with Crippen LogP contribution < -0.4 is 0 Å². The molecule has 25 heavy (non-hydrogen) atoms. The first-order valence-corrected chi connectivity index (χ1v) is 11.2. The average molecular weight is 463 g/mol. The predicted octanol–water partition coefficient (Wildman–Crippen LogP) is 7.78. The van der Waals surface area contributed by atoms with Crippen molar-refractivity contribution in [1.29, 1.82) is 0 Å². The van der Waals surface area contributed by atoms with Crippen molar-refractivity contribution in [2.24, 2.45) is 0 Å². The average Bonchev–Trinajstić information content (AvgIpc) is 2.89. The number of hydrogen-bond acceptors (Lipinski definition) is 0. The highest BCUT2D eigenvalue weighted by molar-refractivity contribution is 9.10. The van der Waals surface area contributed by atoms with Crippen molar-refractivity contribution in [3.05, 3.63) is 44.3 Å². The summed E-state index contributed by atoms with van der Waals surface area (Å²) in [6.07, 6.45) is 10.4. The second-order valence-electron chi connectivity index (χ2n) is 7.34. The summed E-state index contributed by atoms with van der Waals surface area (Å²) in [5.74, 6) is 0. The zero-order valence-corrected chi connectivity index (χ0v) is 18.0. The molecule has 2 aromatic carbocycles. The Kier molecular flexibility index (Phi) is 5.24. The van der Waals surface area contributed by atoms with Gasteiger partial charge < -0.3 is 4.57 Å². The van der Waals surface area contributed by atoms with Crippen LogP contribution in [0.3, 0.4) is 0 Å². The fraction of sp³-hybridized carbons (Fsp3) is 0.455. The quantitative estimate of drug-likeness (QED) is 0.316. The Labute approximate surface area is 167 Å². The molecule has 0 radical (unpaired) electrons. The van der Waals surface area contributed by atoms with Crippen molar-refractivity contribution in [3.63, 3.8) is 0 Å². The minimum Gasteiger partial charge on any atom is -0.340 e. The summed E-state index contributed by atoms with van der Waals surface area (Å²) in [6, 6.07) is 9.28. The van der Waals surface area contributed by atoms with Crippen LogP contribution in [0, 0.1) is 0 Å². The van der Waals surface area contributed by atoms with Crippen molar-refractivity contribution in [2.45, 2.75) is 64.8 Å². The molecule has 0 amide bonds. The lowest BCUT2D eigenvalue weighted by molar-refractivity contribution is 0.571. The lowest BCUT2D eigenvalue weighted by Crippen LogP contribution is -1.98. The summed E-state index contributed by atoms with van der Waals surface area (Å²) in [4.78, 5) is 0. The van der Waals surface area contributed by atoms with E-state index >= 15 is 0 Å². The lowest BCUT2D eigenvalue weighted by atomic mass is 9.91. The summed E-state index contributed by atoms with van der Waals surface area (Å²) in [5.41, 5.74) is 5.83. The standard InChI is InChI=1S/C22H25Br2N/c1-2-3-4-5-6-7-10-25-19-13-17(23)11-15-8-9-16-12-18(24)14-20(25)22(16)21(15)19/h11-14H,2-10H2,1H3. The molecule has 0 fully saturated rings. The highest BCUT2D eigenvalue weighted by Gasteiger charge is 2.21. The first-order chi connectivity index (χ1) is 12.2. The van der Waals surface area contributed by atoms with Crippen molar-refractivity contribution in [3.8, 4) is 0 Å². The molecule has 1 aliphatic carbocycles. The maximum atomic E-state index is 3.74. The summed E-state index contributed by atoms with van der Waals surface area (Å²) in [7, 11) is 0. The van der Waals surface area contributed by atoms with Gasteiger partial charge in [-0.25, -0.2) is 0 Å². The molecule has 132 valence electrons. The smallest absolute Gasteiger partial charge is 0.0505 e. The fourth-order valence-corrected chi connectivity index (χ4v) is 5.37. The normalized spacial score (nSPS) is 13.4. The molecule has 0 aliphatic heterocycles. The molecule has 0 atom stereocenters. The molecular weight excluding hydrogens is 438 g/mol. The summed E-state index contributed by atoms with van der Waals surface area (Å²) in [5, 5.41) is 3.00. The third kappa shape index (κ3) is 3.30. The zero-order valence-electron chi connectivity index (χ0n) is 14.9. The van der Waals surface area contributed by atoms with E-state index in [-0.39, 0.29) is 0 Å². The first kappa shape index (κ1) is 17.6. The Balaban J connectivity index is 1.74. The van der Waals surface area contributed by atoms with E-state index in [2.05, 4.69) is 67.6 Å². The Bertz CT molecular complexity index is 856. The van der Waals surface area contributed by atoms with Crippen molar-refractivity contribution in [2.75, 3.05) is 0 Å². The fourth-order valence-electron chi connectivity index (χ4n) is 4.38. The van der Waals surface area contributed by atoms with Crippen LogP contribution in [-0.2, 0) is 19.4 Å². The number of aromatic nitrogens is 1. The van der Waals surface area contributed by atoms with Gasteiger partial charge in [0, 0.05) is 26.3 Å². The van der Waals surface area contributed by atoms with Crippen LogP contribution >= 0.6 is 31.9 Å². The molecule has 3 heteroatoms. The molecule has 0 saturated carbocycles. The van der Waals surface area contributed by atoms with E-state index in [1.807, 2.05) is 0 Å². The van der Waals surface area contributed by atoms with E-state index in [1.54, 1.807) is 0 Å². The van der Waals surface area contributed by atoms with Gasteiger partial charge in [-0.1, -0.05) is 70.9 Å². The molecule has 1 nitrogen and oxygen atoms in total. The second kappa shape index (κ2) is 7.44.